The van der Waals surface area contributed by atoms with Crippen molar-refractivity contribution in [1.82, 2.24) is 9.55 Å². The average Bonchev–Trinajstić information content (AvgIpc) is 2.81. The number of aromatic nitrogens is 2. The van der Waals surface area contributed by atoms with Gasteiger partial charge >= 0.3 is 0 Å². The topological polar surface area (TPSA) is 38.0 Å². The fourth-order valence-electron chi connectivity index (χ4n) is 3.24. The molecule has 3 nitrogen and oxygen atoms in total. The van der Waals surface area contributed by atoms with E-state index in [-0.39, 0.29) is 6.10 Å². The Labute approximate surface area is 104 Å². The Morgan fingerprint density at radius 2 is 2.00 bits per heavy atom. The Hall–Kier alpha value is -0.830. The molecule has 1 aromatic rings. The lowest BCUT2D eigenvalue weighted by molar-refractivity contribution is 0.0196. The van der Waals surface area contributed by atoms with E-state index in [0.717, 1.165) is 0 Å². The van der Waals surface area contributed by atoms with Crippen LogP contribution in [0.1, 0.15) is 39.5 Å². The Balaban J connectivity index is 1.98. The van der Waals surface area contributed by atoms with Crippen molar-refractivity contribution in [2.45, 2.75) is 52.2 Å². The lowest BCUT2D eigenvalue weighted by Crippen LogP contribution is -2.35. The zero-order valence-electron chi connectivity index (χ0n) is 10.9. The third-order valence-electron chi connectivity index (χ3n) is 4.18. The summed E-state index contributed by atoms with van der Waals surface area (Å²) in [6, 6.07) is 0. The maximum absolute atomic E-state index is 10.4. The summed E-state index contributed by atoms with van der Waals surface area (Å²) in [4.78, 5) is 4.03. The molecular weight excluding hydrogens is 212 g/mol. The predicted octanol–water partition coefficient (Wildman–Crippen LogP) is 2.71. The molecular formula is C14H24N2O. The van der Waals surface area contributed by atoms with Crippen LogP contribution in [0.25, 0.3) is 0 Å². The number of rotatable bonds is 4. The van der Waals surface area contributed by atoms with Crippen molar-refractivity contribution >= 4 is 0 Å². The van der Waals surface area contributed by atoms with Crippen LogP contribution < -0.4 is 0 Å². The molecule has 1 N–H and O–H groups in total. The van der Waals surface area contributed by atoms with Crippen LogP contribution in [0, 0.1) is 17.8 Å². The summed E-state index contributed by atoms with van der Waals surface area (Å²) < 4.78 is 1.98. The molecule has 0 saturated heterocycles. The number of nitrogens with zero attached hydrogens (tertiary/aromatic N) is 2. The Morgan fingerprint density at radius 3 is 2.59 bits per heavy atom. The second kappa shape index (κ2) is 5.67. The number of aliphatic hydroxyl groups excluding tert-OH is 1. The van der Waals surface area contributed by atoms with E-state index >= 15 is 0 Å². The minimum atomic E-state index is -0.225. The van der Waals surface area contributed by atoms with E-state index in [1.54, 1.807) is 12.5 Å². The first kappa shape index (κ1) is 12.6. The minimum Gasteiger partial charge on any atom is -0.391 e. The largest absolute Gasteiger partial charge is 0.391 e. The maximum Gasteiger partial charge on any atom is 0.0946 e. The van der Waals surface area contributed by atoms with Gasteiger partial charge in [-0.15, -0.1) is 0 Å². The molecule has 3 unspecified atom stereocenters. The van der Waals surface area contributed by atoms with Crippen LogP contribution in [0.15, 0.2) is 18.7 Å². The van der Waals surface area contributed by atoms with Gasteiger partial charge in [0.1, 0.15) is 0 Å². The van der Waals surface area contributed by atoms with Crippen molar-refractivity contribution in [2.24, 2.45) is 17.8 Å². The maximum atomic E-state index is 10.4. The molecule has 1 aromatic heterocycles. The lowest BCUT2D eigenvalue weighted by Gasteiger charge is -2.37. The van der Waals surface area contributed by atoms with Crippen LogP contribution in [0.3, 0.4) is 0 Å². The first-order valence-corrected chi connectivity index (χ1v) is 6.82. The molecule has 0 spiro atoms. The molecule has 1 fully saturated rings. The lowest BCUT2D eigenvalue weighted by atomic mass is 9.71. The molecule has 17 heavy (non-hydrogen) atoms. The molecule has 3 atom stereocenters. The first-order valence-electron chi connectivity index (χ1n) is 6.82. The standard InChI is InChI=1S/C14H24N2O/c1-11(2)12-5-3-4-6-13(12)14(17)9-16-8-7-15-10-16/h7-8,10-14,17H,3-6,9H2,1-2H3. The smallest absolute Gasteiger partial charge is 0.0946 e. The van der Waals surface area contributed by atoms with Gasteiger partial charge in [-0.25, -0.2) is 4.98 Å². The molecule has 0 aliphatic heterocycles. The highest BCUT2D eigenvalue weighted by Gasteiger charge is 2.32. The zero-order valence-corrected chi connectivity index (χ0v) is 10.9. The summed E-state index contributed by atoms with van der Waals surface area (Å²) in [5.74, 6) is 1.83. The zero-order chi connectivity index (χ0) is 12.3. The molecule has 1 aliphatic carbocycles. The van der Waals surface area contributed by atoms with Crippen LogP contribution in [-0.4, -0.2) is 20.8 Å². The van der Waals surface area contributed by atoms with E-state index in [9.17, 15) is 5.11 Å². The molecule has 3 heteroatoms. The van der Waals surface area contributed by atoms with E-state index in [2.05, 4.69) is 18.8 Å². The summed E-state index contributed by atoms with van der Waals surface area (Å²) in [5, 5.41) is 10.4. The highest BCUT2D eigenvalue weighted by Crippen LogP contribution is 2.37. The molecule has 0 aromatic carbocycles. The van der Waals surface area contributed by atoms with E-state index in [1.807, 2.05) is 10.8 Å². The fraction of sp³-hybridized carbons (Fsp3) is 0.786. The highest BCUT2D eigenvalue weighted by molar-refractivity contribution is 4.84. The van der Waals surface area contributed by atoms with Crippen molar-refractivity contribution in [3.63, 3.8) is 0 Å². The van der Waals surface area contributed by atoms with Gasteiger partial charge in [-0.2, -0.15) is 0 Å². The van der Waals surface area contributed by atoms with Gasteiger partial charge in [-0.1, -0.05) is 26.7 Å². The average molecular weight is 236 g/mol. The van der Waals surface area contributed by atoms with Crippen LogP contribution in [0.5, 0.6) is 0 Å². The summed E-state index contributed by atoms with van der Waals surface area (Å²) in [7, 11) is 0. The molecule has 1 aliphatic rings. The van der Waals surface area contributed by atoms with Gasteiger partial charge in [-0.3, -0.25) is 0 Å². The Kier molecular flexibility index (Phi) is 4.21. The summed E-state index contributed by atoms with van der Waals surface area (Å²) in [6.07, 6.45) is 10.3. The van der Waals surface area contributed by atoms with Gasteiger partial charge in [0.2, 0.25) is 0 Å². The van der Waals surface area contributed by atoms with E-state index < -0.39 is 0 Å². The van der Waals surface area contributed by atoms with Gasteiger partial charge < -0.3 is 9.67 Å². The monoisotopic (exact) mass is 236 g/mol. The van der Waals surface area contributed by atoms with E-state index in [1.165, 1.54) is 25.7 Å². The minimum absolute atomic E-state index is 0.225. The molecule has 0 bridgehead atoms. The molecule has 1 saturated carbocycles. The SMILES string of the molecule is CC(C)C1CCCCC1C(O)Cn1ccnc1. The van der Waals surface area contributed by atoms with Crippen molar-refractivity contribution in [3.05, 3.63) is 18.7 Å². The fourth-order valence-corrected chi connectivity index (χ4v) is 3.24. The van der Waals surface area contributed by atoms with Gasteiger partial charge in [0.15, 0.2) is 0 Å². The highest BCUT2D eigenvalue weighted by atomic mass is 16.3. The quantitative estimate of drug-likeness (QED) is 0.873. The second-order valence-electron chi connectivity index (χ2n) is 5.68. The van der Waals surface area contributed by atoms with Gasteiger partial charge in [0, 0.05) is 18.9 Å². The number of imidazole rings is 1. The number of hydrogen-bond acceptors (Lipinski definition) is 2. The van der Waals surface area contributed by atoms with Gasteiger partial charge in [0.25, 0.3) is 0 Å². The molecule has 0 amide bonds. The summed E-state index contributed by atoms with van der Waals surface area (Å²) in [5.41, 5.74) is 0. The van der Waals surface area contributed by atoms with E-state index in [0.29, 0.717) is 24.3 Å². The predicted molar refractivity (Wildman–Crippen MR) is 68.5 cm³/mol. The van der Waals surface area contributed by atoms with Gasteiger partial charge in [-0.05, 0) is 30.6 Å². The normalized spacial score (nSPS) is 27.3. The van der Waals surface area contributed by atoms with Crippen LogP contribution >= 0.6 is 0 Å². The van der Waals surface area contributed by atoms with Crippen molar-refractivity contribution in [1.29, 1.82) is 0 Å². The number of aliphatic hydroxyl groups is 1. The van der Waals surface area contributed by atoms with Crippen LogP contribution in [0.4, 0.5) is 0 Å². The summed E-state index contributed by atoms with van der Waals surface area (Å²) >= 11 is 0. The van der Waals surface area contributed by atoms with Gasteiger partial charge in [0.05, 0.1) is 12.4 Å². The second-order valence-corrected chi connectivity index (χ2v) is 5.68. The van der Waals surface area contributed by atoms with Crippen LogP contribution in [-0.2, 0) is 6.54 Å². The Bertz CT molecular complexity index is 321. The number of hydrogen-bond donors (Lipinski definition) is 1. The Morgan fingerprint density at radius 1 is 1.29 bits per heavy atom. The van der Waals surface area contributed by atoms with Crippen molar-refractivity contribution < 1.29 is 5.11 Å². The van der Waals surface area contributed by atoms with E-state index in [4.69, 9.17) is 0 Å². The molecule has 1 heterocycles. The van der Waals surface area contributed by atoms with Crippen LogP contribution in [0.2, 0.25) is 0 Å². The summed E-state index contributed by atoms with van der Waals surface area (Å²) in [6.45, 7) is 5.26. The van der Waals surface area contributed by atoms with Crippen molar-refractivity contribution in [3.8, 4) is 0 Å². The molecule has 0 radical (unpaired) electrons. The third-order valence-corrected chi connectivity index (χ3v) is 4.18. The van der Waals surface area contributed by atoms with Crippen molar-refractivity contribution in [2.75, 3.05) is 0 Å². The first-order chi connectivity index (χ1) is 8.18. The molecule has 96 valence electrons. The molecule has 2 rings (SSSR count). The third kappa shape index (κ3) is 3.09.